The second-order valence-corrected chi connectivity index (χ2v) is 6.44. The van der Waals surface area contributed by atoms with Crippen molar-refractivity contribution < 1.29 is 4.79 Å². The number of nitrogens with two attached hydrogens (primary N) is 1. The Morgan fingerprint density at radius 3 is 2.44 bits per heavy atom. The molecule has 3 N–H and O–H groups in total. The second-order valence-electron chi connectivity index (χ2n) is 5.18. The molecule has 1 heterocycles. The van der Waals surface area contributed by atoms with Crippen molar-refractivity contribution in [1.82, 2.24) is 5.32 Å². The summed E-state index contributed by atoms with van der Waals surface area (Å²) in [5.74, 6) is -0.0350. The lowest BCUT2D eigenvalue weighted by atomic mass is 9.88. The molecule has 0 spiro atoms. The highest BCUT2D eigenvalue weighted by atomic mass is 32.1. The van der Waals surface area contributed by atoms with Gasteiger partial charge in [0, 0.05) is 16.6 Å². The van der Waals surface area contributed by atoms with Gasteiger partial charge in [0.05, 0.1) is 4.88 Å². The van der Waals surface area contributed by atoms with Gasteiger partial charge in [-0.25, -0.2) is 0 Å². The number of nitrogen functional groups attached to an aromatic ring is 1. The number of hydrogen-bond donors (Lipinski definition) is 2. The number of rotatable bonds is 2. The van der Waals surface area contributed by atoms with Crippen LogP contribution in [0.1, 0.15) is 42.2 Å². The molecule has 90 valence electrons. The minimum Gasteiger partial charge on any atom is -0.398 e. The third kappa shape index (κ3) is 2.98. The lowest BCUT2D eigenvalue weighted by Crippen LogP contribution is -2.41. The first kappa shape index (κ1) is 13.0. The zero-order chi connectivity index (χ0) is 12.5. The Kier molecular flexibility index (Phi) is 3.63. The van der Waals surface area contributed by atoms with Crippen LogP contribution in [0, 0.1) is 12.3 Å². The SMILES string of the molecule is Cc1sc(C(=O)NC(C)C(C)(C)C)cc1N. The third-order valence-electron chi connectivity index (χ3n) is 2.83. The molecule has 0 aromatic carbocycles. The zero-order valence-corrected chi connectivity index (χ0v) is 11.4. The van der Waals surface area contributed by atoms with E-state index in [-0.39, 0.29) is 17.4 Å². The number of thiophene rings is 1. The summed E-state index contributed by atoms with van der Waals surface area (Å²) >= 11 is 1.44. The highest BCUT2D eigenvalue weighted by molar-refractivity contribution is 7.14. The molecule has 0 saturated heterocycles. The maximum Gasteiger partial charge on any atom is 0.261 e. The summed E-state index contributed by atoms with van der Waals surface area (Å²) < 4.78 is 0. The molecule has 1 aromatic heterocycles. The van der Waals surface area contributed by atoms with Crippen molar-refractivity contribution in [3.63, 3.8) is 0 Å². The molecule has 0 fully saturated rings. The van der Waals surface area contributed by atoms with Gasteiger partial charge in [-0.3, -0.25) is 4.79 Å². The van der Waals surface area contributed by atoms with E-state index in [4.69, 9.17) is 5.73 Å². The van der Waals surface area contributed by atoms with Gasteiger partial charge in [-0.15, -0.1) is 11.3 Å². The molecular formula is C12H20N2OS. The number of carbonyl (C=O) groups excluding carboxylic acids is 1. The van der Waals surface area contributed by atoms with Crippen molar-refractivity contribution in [3.8, 4) is 0 Å². The fraction of sp³-hybridized carbons (Fsp3) is 0.583. The van der Waals surface area contributed by atoms with E-state index in [1.54, 1.807) is 6.07 Å². The first-order valence-electron chi connectivity index (χ1n) is 5.38. The summed E-state index contributed by atoms with van der Waals surface area (Å²) in [5, 5.41) is 2.99. The largest absolute Gasteiger partial charge is 0.398 e. The quantitative estimate of drug-likeness (QED) is 0.835. The first-order chi connectivity index (χ1) is 7.21. The number of nitrogens with one attached hydrogen (secondary N) is 1. The molecule has 0 radical (unpaired) electrons. The van der Waals surface area contributed by atoms with Crippen LogP contribution in [0.25, 0.3) is 0 Å². The van der Waals surface area contributed by atoms with Crippen molar-refractivity contribution in [3.05, 3.63) is 15.8 Å². The van der Waals surface area contributed by atoms with Gasteiger partial charge < -0.3 is 11.1 Å². The zero-order valence-electron chi connectivity index (χ0n) is 10.5. The Morgan fingerprint density at radius 2 is 2.06 bits per heavy atom. The monoisotopic (exact) mass is 240 g/mol. The van der Waals surface area contributed by atoms with Crippen LogP contribution in [0.4, 0.5) is 5.69 Å². The van der Waals surface area contributed by atoms with E-state index < -0.39 is 0 Å². The lowest BCUT2D eigenvalue weighted by Gasteiger charge is -2.27. The van der Waals surface area contributed by atoms with Gasteiger partial charge in [0.25, 0.3) is 5.91 Å². The highest BCUT2D eigenvalue weighted by Crippen LogP contribution is 2.24. The van der Waals surface area contributed by atoms with Crippen molar-refractivity contribution in [2.45, 2.75) is 40.7 Å². The third-order valence-corrected chi connectivity index (χ3v) is 3.89. The lowest BCUT2D eigenvalue weighted by molar-refractivity contribution is 0.0914. The molecule has 16 heavy (non-hydrogen) atoms. The maximum atomic E-state index is 11.9. The maximum absolute atomic E-state index is 11.9. The van der Waals surface area contributed by atoms with Crippen LogP contribution in [0.5, 0.6) is 0 Å². The Morgan fingerprint density at radius 1 is 1.50 bits per heavy atom. The van der Waals surface area contributed by atoms with Gasteiger partial charge in [0.1, 0.15) is 0 Å². The predicted octanol–water partition coefficient (Wildman–Crippen LogP) is 2.80. The summed E-state index contributed by atoms with van der Waals surface area (Å²) in [6.45, 7) is 10.2. The highest BCUT2D eigenvalue weighted by Gasteiger charge is 2.22. The second kappa shape index (κ2) is 4.45. The molecule has 1 rings (SSSR count). The summed E-state index contributed by atoms with van der Waals surface area (Å²) in [6.07, 6.45) is 0. The average molecular weight is 240 g/mol. The van der Waals surface area contributed by atoms with Crippen molar-refractivity contribution in [2.24, 2.45) is 5.41 Å². The topological polar surface area (TPSA) is 55.1 Å². The van der Waals surface area contributed by atoms with E-state index in [1.807, 2.05) is 13.8 Å². The Balaban J connectivity index is 2.73. The van der Waals surface area contributed by atoms with E-state index in [0.717, 1.165) is 4.88 Å². The van der Waals surface area contributed by atoms with E-state index in [1.165, 1.54) is 11.3 Å². The van der Waals surface area contributed by atoms with Gasteiger partial charge in [-0.2, -0.15) is 0 Å². The molecule has 1 atom stereocenters. The summed E-state index contributed by atoms with van der Waals surface area (Å²) in [6, 6.07) is 1.87. The minimum atomic E-state index is -0.0350. The summed E-state index contributed by atoms with van der Waals surface area (Å²) in [5.41, 5.74) is 6.48. The fourth-order valence-electron chi connectivity index (χ4n) is 1.09. The van der Waals surface area contributed by atoms with Crippen LogP contribution in [0.2, 0.25) is 0 Å². The molecular weight excluding hydrogens is 220 g/mol. The molecule has 4 heteroatoms. The standard InChI is InChI=1S/C12H20N2OS/c1-7-9(13)6-10(16-7)11(15)14-8(2)12(3,4)5/h6,8H,13H2,1-5H3,(H,14,15). The predicted molar refractivity (Wildman–Crippen MR) is 69.9 cm³/mol. The van der Waals surface area contributed by atoms with Crippen LogP contribution in [0.3, 0.4) is 0 Å². The number of aryl methyl sites for hydroxylation is 1. The minimum absolute atomic E-state index is 0.0350. The smallest absolute Gasteiger partial charge is 0.261 e. The van der Waals surface area contributed by atoms with E-state index >= 15 is 0 Å². The normalized spacial score (nSPS) is 13.6. The van der Waals surface area contributed by atoms with Crippen molar-refractivity contribution >= 4 is 22.9 Å². The molecule has 0 bridgehead atoms. The van der Waals surface area contributed by atoms with E-state index in [9.17, 15) is 4.79 Å². The van der Waals surface area contributed by atoms with Crippen molar-refractivity contribution in [2.75, 3.05) is 5.73 Å². The summed E-state index contributed by atoms with van der Waals surface area (Å²) in [4.78, 5) is 13.6. The number of amides is 1. The van der Waals surface area contributed by atoms with Gasteiger partial charge in [0.2, 0.25) is 0 Å². The number of carbonyl (C=O) groups is 1. The van der Waals surface area contributed by atoms with Crippen LogP contribution < -0.4 is 11.1 Å². The molecule has 1 aromatic rings. The first-order valence-corrected chi connectivity index (χ1v) is 6.20. The van der Waals surface area contributed by atoms with Gasteiger partial charge in [-0.1, -0.05) is 20.8 Å². The Labute approximate surface area is 101 Å². The van der Waals surface area contributed by atoms with Crippen LogP contribution in [-0.4, -0.2) is 11.9 Å². The summed E-state index contributed by atoms with van der Waals surface area (Å²) in [7, 11) is 0. The molecule has 1 amide bonds. The van der Waals surface area contributed by atoms with Crippen LogP contribution in [-0.2, 0) is 0 Å². The van der Waals surface area contributed by atoms with Gasteiger partial charge >= 0.3 is 0 Å². The van der Waals surface area contributed by atoms with E-state index in [0.29, 0.717) is 10.6 Å². The number of hydrogen-bond acceptors (Lipinski definition) is 3. The molecule has 0 saturated carbocycles. The van der Waals surface area contributed by atoms with Crippen LogP contribution >= 0.6 is 11.3 Å². The van der Waals surface area contributed by atoms with Gasteiger partial charge in [-0.05, 0) is 25.3 Å². The molecule has 1 unspecified atom stereocenters. The number of anilines is 1. The molecule has 0 aliphatic heterocycles. The fourth-order valence-corrected chi connectivity index (χ4v) is 1.94. The van der Waals surface area contributed by atoms with Crippen molar-refractivity contribution in [1.29, 1.82) is 0 Å². The van der Waals surface area contributed by atoms with E-state index in [2.05, 4.69) is 26.1 Å². The van der Waals surface area contributed by atoms with Crippen LogP contribution in [0.15, 0.2) is 6.07 Å². The molecule has 0 aliphatic rings. The Hall–Kier alpha value is -1.03. The molecule has 0 aliphatic carbocycles. The van der Waals surface area contributed by atoms with Gasteiger partial charge in [0.15, 0.2) is 0 Å². The molecule has 3 nitrogen and oxygen atoms in total. The Bertz CT molecular complexity index is 371. The average Bonchev–Trinajstić information content (AvgIpc) is 2.45.